The molecular weight excluding hydrogens is 236 g/mol. The van der Waals surface area contributed by atoms with Crippen molar-refractivity contribution in [1.82, 2.24) is 10.2 Å². The van der Waals surface area contributed by atoms with Gasteiger partial charge < -0.3 is 10.2 Å². The van der Waals surface area contributed by atoms with Crippen molar-refractivity contribution in [2.75, 3.05) is 43.9 Å². The van der Waals surface area contributed by atoms with Gasteiger partial charge >= 0.3 is 0 Å². The van der Waals surface area contributed by atoms with Crippen LogP contribution in [0.4, 0.5) is 0 Å². The highest BCUT2D eigenvalue weighted by Gasteiger charge is 2.26. The number of likely N-dealkylation sites (tertiary alicyclic amines) is 1. The molecule has 0 amide bonds. The Morgan fingerprint density at radius 3 is 2.88 bits per heavy atom. The minimum atomic E-state index is 0.740. The summed E-state index contributed by atoms with van der Waals surface area (Å²) < 4.78 is 0. The molecule has 1 N–H and O–H groups in total. The van der Waals surface area contributed by atoms with Crippen LogP contribution in [0.25, 0.3) is 0 Å². The zero-order chi connectivity index (χ0) is 11.4. The quantitative estimate of drug-likeness (QED) is 0.831. The van der Waals surface area contributed by atoms with E-state index < -0.39 is 0 Å². The summed E-state index contributed by atoms with van der Waals surface area (Å²) in [6.07, 6.45) is 1.32. The molecule has 2 rings (SSSR count). The van der Waals surface area contributed by atoms with Gasteiger partial charge in [0.1, 0.15) is 0 Å². The molecule has 0 spiro atoms. The maximum absolute atomic E-state index is 3.44. The van der Waals surface area contributed by atoms with Crippen LogP contribution in [0.5, 0.6) is 0 Å². The first-order valence-corrected chi connectivity index (χ1v) is 8.59. The van der Waals surface area contributed by atoms with E-state index in [0.717, 1.165) is 17.2 Å². The molecular formula is C12H24N2S2. The highest BCUT2D eigenvalue weighted by atomic mass is 32.2. The van der Waals surface area contributed by atoms with Crippen molar-refractivity contribution >= 4 is 23.5 Å². The van der Waals surface area contributed by atoms with Gasteiger partial charge in [0.25, 0.3) is 0 Å². The van der Waals surface area contributed by atoms with Gasteiger partial charge in [-0.2, -0.15) is 23.5 Å². The van der Waals surface area contributed by atoms with Crippen LogP contribution in [0.3, 0.4) is 0 Å². The molecule has 2 aliphatic heterocycles. The molecule has 3 atom stereocenters. The Morgan fingerprint density at radius 2 is 2.25 bits per heavy atom. The standard InChI is InChI=1S/C12H24N2S2/c1-10-7-14(4-3-12(10)13-2)8-11-9-15-5-6-16-11/h10-13H,3-9H2,1-2H3. The van der Waals surface area contributed by atoms with E-state index in [1.165, 1.54) is 43.3 Å². The maximum atomic E-state index is 3.44. The fourth-order valence-electron chi connectivity index (χ4n) is 2.76. The Kier molecular flexibility index (Phi) is 5.33. The summed E-state index contributed by atoms with van der Waals surface area (Å²) in [5, 5.41) is 4.33. The van der Waals surface area contributed by atoms with Gasteiger partial charge in [-0.1, -0.05) is 6.92 Å². The first kappa shape index (κ1) is 13.1. The van der Waals surface area contributed by atoms with Crippen LogP contribution in [0, 0.1) is 5.92 Å². The first-order valence-electron chi connectivity index (χ1n) is 6.38. The average Bonchev–Trinajstić information content (AvgIpc) is 2.31. The number of hydrogen-bond acceptors (Lipinski definition) is 4. The lowest BCUT2D eigenvalue weighted by molar-refractivity contribution is 0.153. The normalized spacial score (nSPS) is 37.5. The fraction of sp³-hybridized carbons (Fsp3) is 1.00. The summed E-state index contributed by atoms with van der Waals surface area (Å²) in [5.74, 6) is 4.89. The van der Waals surface area contributed by atoms with E-state index >= 15 is 0 Å². The molecule has 0 aliphatic carbocycles. The number of piperidine rings is 1. The summed E-state index contributed by atoms with van der Waals surface area (Å²) in [5.41, 5.74) is 0. The van der Waals surface area contributed by atoms with Crippen LogP contribution < -0.4 is 5.32 Å². The van der Waals surface area contributed by atoms with Crippen molar-refractivity contribution in [2.45, 2.75) is 24.6 Å². The Labute approximate surface area is 108 Å². The Balaban J connectivity index is 1.74. The molecule has 0 bridgehead atoms. The van der Waals surface area contributed by atoms with E-state index in [4.69, 9.17) is 0 Å². The molecule has 2 heterocycles. The molecule has 16 heavy (non-hydrogen) atoms. The van der Waals surface area contributed by atoms with Gasteiger partial charge in [-0.05, 0) is 25.9 Å². The predicted molar refractivity (Wildman–Crippen MR) is 76.6 cm³/mol. The summed E-state index contributed by atoms with van der Waals surface area (Å²) >= 11 is 4.32. The average molecular weight is 260 g/mol. The summed E-state index contributed by atoms with van der Waals surface area (Å²) in [4.78, 5) is 2.68. The molecule has 0 aromatic heterocycles. The molecule has 0 aromatic rings. The van der Waals surface area contributed by atoms with Crippen LogP contribution in [0.15, 0.2) is 0 Å². The van der Waals surface area contributed by atoms with Crippen molar-refractivity contribution in [2.24, 2.45) is 5.92 Å². The molecule has 3 unspecified atom stereocenters. The second kappa shape index (κ2) is 6.53. The van der Waals surface area contributed by atoms with Crippen LogP contribution >= 0.6 is 23.5 Å². The zero-order valence-corrected chi connectivity index (χ0v) is 12.1. The topological polar surface area (TPSA) is 15.3 Å². The number of nitrogens with zero attached hydrogens (tertiary/aromatic N) is 1. The molecule has 0 radical (unpaired) electrons. The third-order valence-electron chi connectivity index (χ3n) is 3.71. The molecule has 0 aromatic carbocycles. The van der Waals surface area contributed by atoms with E-state index in [9.17, 15) is 0 Å². The minimum Gasteiger partial charge on any atom is -0.317 e. The molecule has 94 valence electrons. The van der Waals surface area contributed by atoms with Crippen molar-refractivity contribution in [3.05, 3.63) is 0 Å². The third-order valence-corrected chi connectivity index (χ3v) is 6.53. The minimum absolute atomic E-state index is 0.740. The predicted octanol–water partition coefficient (Wildman–Crippen LogP) is 1.76. The van der Waals surface area contributed by atoms with Crippen LogP contribution in [-0.4, -0.2) is 60.1 Å². The lowest BCUT2D eigenvalue weighted by Crippen LogP contribution is -2.49. The van der Waals surface area contributed by atoms with Crippen LogP contribution in [-0.2, 0) is 0 Å². The molecule has 2 nitrogen and oxygen atoms in total. The smallest absolute Gasteiger partial charge is 0.0265 e. The second-order valence-corrected chi connectivity index (χ2v) is 7.55. The van der Waals surface area contributed by atoms with Gasteiger partial charge in [0, 0.05) is 41.6 Å². The summed E-state index contributed by atoms with van der Waals surface area (Å²) in [6, 6.07) is 0.740. The zero-order valence-electron chi connectivity index (χ0n) is 10.4. The van der Waals surface area contributed by atoms with E-state index in [1.807, 2.05) is 0 Å². The summed E-state index contributed by atoms with van der Waals surface area (Å²) in [7, 11) is 2.10. The lowest BCUT2D eigenvalue weighted by atomic mass is 9.94. The highest BCUT2D eigenvalue weighted by Crippen LogP contribution is 2.26. The van der Waals surface area contributed by atoms with Crippen molar-refractivity contribution in [3.8, 4) is 0 Å². The van der Waals surface area contributed by atoms with E-state index in [1.54, 1.807) is 0 Å². The molecule has 2 saturated heterocycles. The van der Waals surface area contributed by atoms with Gasteiger partial charge in [0.05, 0.1) is 0 Å². The Bertz CT molecular complexity index is 207. The van der Waals surface area contributed by atoms with E-state index in [-0.39, 0.29) is 0 Å². The van der Waals surface area contributed by atoms with Crippen molar-refractivity contribution < 1.29 is 0 Å². The Morgan fingerprint density at radius 1 is 1.38 bits per heavy atom. The highest BCUT2D eigenvalue weighted by molar-refractivity contribution is 8.06. The van der Waals surface area contributed by atoms with E-state index in [0.29, 0.717) is 0 Å². The second-order valence-electron chi connectivity index (χ2n) is 4.99. The van der Waals surface area contributed by atoms with Crippen LogP contribution in [0.2, 0.25) is 0 Å². The number of rotatable bonds is 3. The van der Waals surface area contributed by atoms with Gasteiger partial charge in [-0.3, -0.25) is 0 Å². The van der Waals surface area contributed by atoms with Gasteiger partial charge in [0.2, 0.25) is 0 Å². The Hall–Kier alpha value is 0.620. The van der Waals surface area contributed by atoms with E-state index in [2.05, 4.69) is 47.7 Å². The van der Waals surface area contributed by atoms with Gasteiger partial charge in [-0.15, -0.1) is 0 Å². The van der Waals surface area contributed by atoms with Gasteiger partial charge in [-0.25, -0.2) is 0 Å². The fourth-order valence-corrected chi connectivity index (χ4v) is 5.47. The summed E-state index contributed by atoms with van der Waals surface area (Å²) in [6.45, 7) is 6.28. The lowest BCUT2D eigenvalue weighted by Gasteiger charge is -2.38. The number of nitrogens with one attached hydrogen (secondary N) is 1. The van der Waals surface area contributed by atoms with Crippen LogP contribution in [0.1, 0.15) is 13.3 Å². The molecule has 2 fully saturated rings. The van der Waals surface area contributed by atoms with Crippen molar-refractivity contribution in [1.29, 1.82) is 0 Å². The van der Waals surface area contributed by atoms with Gasteiger partial charge in [0.15, 0.2) is 0 Å². The number of hydrogen-bond donors (Lipinski definition) is 1. The SMILES string of the molecule is CNC1CCN(CC2CSCCS2)CC1C. The molecule has 4 heteroatoms. The maximum Gasteiger partial charge on any atom is 0.0265 e. The third kappa shape index (κ3) is 3.56. The number of thioether (sulfide) groups is 2. The molecule has 2 aliphatic rings. The first-order chi connectivity index (χ1) is 7.79. The largest absolute Gasteiger partial charge is 0.317 e. The molecule has 0 saturated carbocycles. The monoisotopic (exact) mass is 260 g/mol. The van der Waals surface area contributed by atoms with Crippen molar-refractivity contribution in [3.63, 3.8) is 0 Å².